The summed E-state index contributed by atoms with van der Waals surface area (Å²) in [4.78, 5) is 18.8. The van der Waals surface area contributed by atoms with E-state index >= 15 is 0 Å². The van der Waals surface area contributed by atoms with Crippen molar-refractivity contribution in [1.29, 1.82) is 0 Å². The second-order valence-electron chi connectivity index (χ2n) is 8.67. The smallest absolute Gasteiger partial charge is 0.469 e. The minimum absolute atomic E-state index is 0.0297. The Labute approximate surface area is 211 Å². The Kier molecular flexibility index (Phi) is 8.20. The van der Waals surface area contributed by atoms with Gasteiger partial charge < -0.3 is 28.7 Å². The van der Waals surface area contributed by atoms with E-state index in [0.29, 0.717) is 17.9 Å². The number of hydrogen-bond donors (Lipinski definition) is 2. The number of phosphoric ester groups is 1. The molecule has 1 saturated heterocycles. The van der Waals surface area contributed by atoms with E-state index in [0.717, 1.165) is 16.7 Å². The van der Waals surface area contributed by atoms with Crippen LogP contribution >= 0.6 is 7.82 Å². The summed E-state index contributed by atoms with van der Waals surface area (Å²) in [5, 5.41) is 0. The fourth-order valence-corrected chi connectivity index (χ4v) is 5.21. The van der Waals surface area contributed by atoms with Gasteiger partial charge in [0.1, 0.15) is 31.1 Å². The highest BCUT2D eigenvalue weighted by Crippen LogP contribution is 2.44. The molecule has 3 aromatic carbocycles. The van der Waals surface area contributed by atoms with Gasteiger partial charge in [0.2, 0.25) is 0 Å². The van der Waals surface area contributed by atoms with E-state index in [1.807, 2.05) is 86.7 Å². The number of methoxy groups -OCH3 is 2. The molecule has 1 aliphatic heterocycles. The van der Waals surface area contributed by atoms with Crippen molar-refractivity contribution in [2.45, 2.75) is 30.2 Å². The van der Waals surface area contributed by atoms with Gasteiger partial charge in [-0.1, -0.05) is 54.6 Å². The molecule has 0 aromatic heterocycles. The normalized spacial score (nSPS) is 20.3. The number of rotatable bonds is 10. The van der Waals surface area contributed by atoms with Crippen LogP contribution in [0.1, 0.15) is 23.1 Å². The lowest BCUT2D eigenvalue weighted by molar-refractivity contribution is -0.0726. The average molecular weight is 512 g/mol. The van der Waals surface area contributed by atoms with Crippen molar-refractivity contribution in [2.75, 3.05) is 20.8 Å². The summed E-state index contributed by atoms with van der Waals surface area (Å²) in [7, 11) is 0.362. The van der Waals surface area contributed by atoms with Crippen LogP contribution in [0.5, 0.6) is 11.5 Å². The quantitative estimate of drug-likeness (QED) is 0.243. The summed E-state index contributed by atoms with van der Waals surface area (Å²) >= 11 is 0. The molecule has 8 nitrogen and oxygen atoms in total. The van der Waals surface area contributed by atoms with Crippen LogP contribution in [-0.2, 0) is 24.2 Å². The minimum Gasteiger partial charge on any atom is -0.497 e. The topological polar surface area (TPSA) is 104 Å². The minimum atomic E-state index is -4.70. The molecular weight excluding hydrogens is 482 g/mol. The highest BCUT2D eigenvalue weighted by atomic mass is 31.2. The number of hydrogen-bond acceptors (Lipinski definition) is 6. The molecular formula is C26H30BO8P. The predicted octanol–water partition coefficient (Wildman–Crippen LogP) is 3.24. The van der Waals surface area contributed by atoms with E-state index in [-0.39, 0.29) is 12.6 Å². The predicted molar refractivity (Wildman–Crippen MR) is 137 cm³/mol. The summed E-state index contributed by atoms with van der Waals surface area (Å²) in [6, 6.07) is 24.8. The summed E-state index contributed by atoms with van der Waals surface area (Å²) in [5.41, 5.74) is 1.50. The van der Waals surface area contributed by atoms with E-state index < -0.39 is 25.6 Å². The standard InChI is InChI=1S/C26H30BO8P/c1-31-21-12-8-19(9-13-21)26(18-6-4-3-5-7-18,20-10-14-22(32-2)15-11-20)33-17-24-23(16-25(27)34-24)35-36(28,29)30/h3-15,23-25H,16-17,27H2,1-2H3,(H2,28,29,30)/t23?,24-,25-/m1/s1. The van der Waals surface area contributed by atoms with E-state index in [1.165, 1.54) is 0 Å². The highest BCUT2D eigenvalue weighted by Gasteiger charge is 2.43. The Hall–Kier alpha value is -2.65. The third-order valence-corrected chi connectivity index (χ3v) is 6.84. The van der Waals surface area contributed by atoms with Gasteiger partial charge in [-0.15, -0.1) is 0 Å². The lowest BCUT2D eigenvalue weighted by Crippen LogP contribution is -2.38. The van der Waals surface area contributed by atoms with Crippen molar-refractivity contribution in [1.82, 2.24) is 0 Å². The van der Waals surface area contributed by atoms with Gasteiger partial charge in [-0.25, -0.2) is 4.57 Å². The van der Waals surface area contributed by atoms with Crippen LogP contribution in [0.4, 0.5) is 0 Å². The van der Waals surface area contributed by atoms with Gasteiger partial charge in [0.25, 0.3) is 0 Å². The molecule has 190 valence electrons. The molecule has 3 atom stereocenters. The van der Waals surface area contributed by atoms with Crippen LogP contribution in [0.3, 0.4) is 0 Å². The average Bonchev–Trinajstić information content (AvgIpc) is 3.22. The zero-order valence-corrected chi connectivity index (χ0v) is 21.3. The molecule has 1 heterocycles. The maximum atomic E-state index is 11.6. The fourth-order valence-electron chi connectivity index (χ4n) is 4.64. The van der Waals surface area contributed by atoms with Gasteiger partial charge in [-0.2, -0.15) is 0 Å². The Morgan fingerprint density at radius 1 is 0.889 bits per heavy atom. The summed E-state index contributed by atoms with van der Waals surface area (Å²) in [5.74, 6) is 1.41. The molecule has 10 heteroatoms. The Morgan fingerprint density at radius 3 is 1.86 bits per heavy atom. The van der Waals surface area contributed by atoms with Gasteiger partial charge in [0, 0.05) is 6.00 Å². The van der Waals surface area contributed by atoms with E-state index in [4.69, 9.17) is 23.5 Å². The maximum absolute atomic E-state index is 11.6. The van der Waals surface area contributed by atoms with E-state index in [2.05, 4.69) is 0 Å². The summed E-state index contributed by atoms with van der Waals surface area (Å²) in [6.07, 6.45) is -1.13. The van der Waals surface area contributed by atoms with Gasteiger partial charge in [0.15, 0.2) is 0 Å². The van der Waals surface area contributed by atoms with E-state index in [1.54, 1.807) is 14.2 Å². The molecule has 1 unspecified atom stereocenters. The largest absolute Gasteiger partial charge is 0.497 e. The molecule has 0 spiro atoms. The molecule has 0 saturated carbocycles. The molecule has 1 fully saturated rings. The number of ether oxygens (including phenoxy) is 4. The second kappa shape index (κ2) is 11.2. The maximum Gasteiger partial charge on any atom is 0.469 e. The summed E-state index contributed by atoms with van der Waals surface area (Å²) < 4.78 is 40.1. The molecule has 0 aliphatic carbocycles. The van der Waals surface area contributed by atoms with Crippen LogP contribution in [0.25, 0.3) is 0 Å². The van der Waals surface area contributed by atoms with E-state index in [9.17, 15) is 14.4 Å². The molecule has 2 N–H and O–H groups in total. The zero-order valence-electron chi connectivity index (χ0n) is 20.4. The highest BCUT2D eigenvalue weighted by molar-refractivity contribution is 7.46. The van der Waals surface area contributed by atoms with Crippen molar-refractivity contribution in [3.8, 4) is 11.5 Å². The first-order valence-corrected chi connectivity index (χ1v) is 13.2. The van der Waals surface area contributed by atoms with Crippen molar-refractivity contribution in [2.24, 2.45) is 0 Å². The monoisotopic (exact) mass is 512 g/mol. The Morgan fingerprint density at radius 2 is 1.39 bits per heavy atom. The molecule has 4 rings (SSSR count). The van der Waals surface area contributed by atoms with Gasteiger partial charge in [-0.3, -0.25) is 4.52 Å². The zero-order chi connectivity index (χ0) is 25.8. The van der Waals surface area contributed by atoms with Crippen molar-refractivity contribution < 1.29 is 37.8 Å². The first-order chi connectivity index (χ1) is 17.2. The molecule has 3 aromatic rings. The van der Waals surface area contributed by atoms with Gasteiger partial charge >= 0.3 is 7.82 Å². The first-order valence-electron chi connectivity index (χ1n) is 11.6. The SMILES string of the molecule is B[C@H]1CC(OP(=O)(O)O)[C@@H](COC(c2ccccc2)(c2ccc(OC)cc2)c2ccc(OC)cc2)O1. The lowest BCUT2D eigenvalue weighted by atomic mass is 9.80. The molecule has 0 amide bonds. The van der Waals surface area contributed by atoms with Crippen LogP contribution in [-0.4, -0.2) is 56.7 Å². The molecule has 0 bridgehead atoms. The molecule has 36 heavy (non-hydrogen) atoms. The molecule has 1 aliphatic rings. The number of phosphoric acid groups is 1. The van der Waals surface area contributed by atoms with Crippen LogP contribution in [0.15, 0.2) is 78.9 Å². The van der Waals surface area contributed by atoms with Crippen LogP contribution < -0.4 is 9.47 Å². The Bertz CT molecular complexity index is 1120. The third-order valence-electron chi connectivity index (χ3n) is 6.30. The van der Waals surface area contributed by atoms with Crippen molar-refractivity contribution >= 4 is 15.7 Å². The van der Waals surface area contributed by atoms with Crippen LogP contribution in [0.2, 0.25) is 0 Å². The van der Waals surface area contributed by atoms with Crippen LogP contribution in [0, 0.1) is 0 Å². The molecule has 0 radical (unpaired) electrons. The number of benzene rings is 3. The second-order valence-corrected chi connectivity index (χ2v) is 9.86. The summed E-state index contributed by atoms with van der Waals surface area (Å²) in [6.45, 7) is 0.0297. The third kappa shape index (κ3) is 5.84. The van der Waals surface area contributed by atoms with Crippen molar-refractivity contribution in [3.05, 3.63) is 95.6 Å². The first kappa shape index (κ1) is 26.4. The lowest BCUT2D eigenvalue weighted by Gasteiger charge is -2.37. The van der Waals surface area contributed by atoms with Gasteiger partial charge in [0.05, 0.1) is 26.9 Å². The Balaban J connectivity index is 1.80. The van der Waals surface area contributed by atoms with Gasteiger partial charge in [-0.05, 0) is 47.4 Å². The van der Waals surface area contributed by atoms with Crippen molar-refractivity contribution in [3.63, 3.8) is 0 Å². The fraction of sp³-hybridized carbons (Fsp3) is 0.308.